The van der Waals surface area contributed by atoms with Crippen LogP contribution < -0.4 is 10.2 Å². The first-order valence-electron chi connectivity index (χ1n) is 5.73. The van der Waals surface area contributed by atoms with Crippen molar-refractivity contribution in [3.63, 3.8) is 0 Å². The zero-order valence-electron chi connectivity index (χ0n) is 10.3. The molecule has 1 aromatic rings. The van der Waals surface area contributed by atoms with E-state index in [0.29, 0.717) is 13.1 Å². The van der Waals surface area contributed by atoms with Gasteiger partial charge in [0.25, 0.3) is 0 Å². The second-order valence-corrected chi connectivity index (χ2v) is 5.10. The zero-order valence-corrected chi connectivity index (χ0v) is 11.1. The molecule has 98 valence electrons. The number of thiazole rings is 1. The highest BCUT2D eigenvalue weighted by Crippen LogP contribution is 2.07. The molecule has 6 nitrogen and oxygen atoms in total. The van der Waals surface area contributed by atoms with Gasteiger partial charge in [-0.25, -0.2) is 0 Å². The molecule has 1 aliphatic heterocycles. The number of amides is 2. The Morgan fingerprint density at radius 3 is 2.89 bits per heavy atom. The topological polar surface area (TPSA) is 71.4 Å². The molecule has 2 heterocycles. The smallest absolute Gasteiger partial charge is 0.307 e. The fourth-order valence-electron chi connectivity index (χ4n) is 1.95. The minimum atomic E-state index is -0.471. The Balaban J connectivity index is 2.13. The van der Waals surface area contributed by atoms with Gasteiger partial charge in [0.2, 0.25) is 11.8 Å². The van der Waals surface area contributed by atoms with Crippen LogP contribution in [0.25, 0.3) is 0 Å². The minimum absolute atomic E-state index is 0.00574. The molecule has 7 heteroatoms. The molecule has 1 aliphatic rings. The summed E-state index contributed by atoms with van der Waals surface area (Å²) in [6.45, 7) is 4.44. The van der Waals surface area contributed by atoms with Crippen molar-refractivity contribution < 1.29 is 9.59 Å². The molecule has 1 unspecified atom stereocenters. The average molecular weight is 269 g/mol. The molecule has 1 atom stereocenters. The molecule has 1 aromatic heterocycles. The monoisotopic (exact) mass is 269 g/mol. The van der Waals surface area contributed by atoms with Crippen LogP contribution in [0.15, 0.2) is 10.2 Å². The van der Waals surface area contributed by atoms with E-state index in [1.165, 1.54) is 9.47 Å². The fourth-order valence-corrected chi connectivity index (χ4v) is 2.68. The van der Waals surface area contributed by atoms with E-state index in [2.05, 4.69) is 5.32 Å². The molecule has 1 saturated heterocycles. The van der Waals surface area contributed by atoms with Crippen molar-refractivity contribution in [3.8, 4) is 0 Å². The van der Waals surface area contributed by atoms with Gasteiger partial charge in [-0.15, -0.1) is 0 Å². The number of hydrogen-bond acceptors (Lipinski definition) is 4. The van der Waals surface area contributed by atoms with Crippen molar-refractivity contribution in [1.82, 2.24) is 14.8 Å². The second-order valence-electron chi connectivity index (χ2n) is 4.28. The number of piperazine rings is 1. The van der Waals surface area contributed by atoms with Crippen molar-refractivity contribution in [2.75, 3.05) is 13.1 Å². The molecule has 0 aromatic carbocycles. The number of nitrogens with one attached hydrogen (secondary N) is 1. The molecule has 2 rings (SSSR count). The van der Waals surface area contributed by atoms with Gasteiger partial charge < -0.3 is 10.2 Å². The van der Waals surface area contributed by atoms with E-state index in [1.807, 2.05) is 0 Å². The van der Waals surface area contributed by atoms with E-state index < -0.39 is 6.04 Å². The second kappa shape index (κ2) is 4.93. The summed E-state index contributed by atoms with van der Waals surface area (Å²) in [5.74, 6) is -0.343. The third kappa shape index (κ3) is 2.31. The molecule has 0 aliphatic carbocycles. The van der Waals surface area contributed by atoms with E-state index in [9.17, 15) is 14.4 Å². The Morgan fingerprint density at radius 2 is 2.28 bits per heavy atom. The van der Waals surface area contributed by atoms with Crippen LogP contribution in [-0.2, 0) is 16.1 Å². The maximum atomic E-state index is 12.1. The molecular formula is C11H15N3O3S. The van der Waals surface area contributed by atoms with Gasteiger partial charge in [0.05, 0.1) is 0 Å². The van der Waals surface area contributed by atoms with Gasteiger partial charge in [-0.1, -0.05) is 11.3 Å². The summed E-state index contributed by atoms with van der Waals surface area (Å²) >= 11 is 1.08. The van der Waals surface area contributed by atoms with Crippen LogP contribution >= 0.6 is 11.3 Å². The van der Waals surface area contributed by atoms with Gasteiger partial charge in [0.1, 0.15) is 12.6 Å². The highest BCUT2D eigenvalue weighted by atomic mass is 32.1. The Kier molecular flexibility index (Phi) is 3.51. The van der Waals surface area contributed by atoms with E-state index in [-0.39, 0.29) is 23.2 Å². The summed E-state index contributed by atoms with van der Waals surface area (Å²) in [6, 6.07) is -0.471. The van der Waals surface area contributed by atoms with Crippen LogP contribution in [0.4, 0.5) is 0 Å². The lowest BCUT2D eigenvalue weighted by Gasteiger charge is -2.32. The van der Waals surface area contributed by atoms with E-state index in [4.69, 9.17) is 0 Å². The normalized spacial score (nSPS) is 19.8. The van der Waals surface area contributed by atoms with Crippen molar-refractivity contribution in [2.24, 2.45) is 0 Å². The summed E-state index contributed by atoms with van der Waals surface area (Å²) in [7, 11) is 0. The summed E-state index contributed by atoms with van der Waals surface area (Å²) in [6.07, 6.45) is 0. The lowest BCUT2D eigenvalue weighted by atomic mass is 10.2. The van der Waals surface area contributed by atoms with Gasteiger partial charge >= 0.3 is 4.87 Å². The van der Waals surface area contributed by atoms with Crippen LogP contribution in [0.3, 0.4) is 0 Å². The van der Waals surface area contributed by atoms with Gasteiger partial charge in [-0.2, -0.15) is 0 Å². The predicted molar refractivity (Wildman–Crippen MR) is 67.5 cm³/mol. The average Bonchev–Trinajstić information content (AvgIpc) is 2.64. The largest absolute Gasteiger partial charge is 0.353 e. The van der Waals surface area contributed by atoms with Crippen LogP contribution in [0, 0.1) is 6.92 Å². The number of hydrogen-bond donors (Lipinski definition) is 1. The number of rotatable bonds is 2. The molecule has 1 fully saturated rings. The fraction of sp³-hybridized carbons (Fsp3) is 0.545. The van der Waals surface area contributed by atoms with Gasteiger partial charge in [-0.05, 0) is 13.8 Å². The molecule has 1 N–H and O–H groups in total. The molecule has 0 saturated carbocycles. The molecule has 0 radical (unpaired) electrons. The van der Waals surface area contributed by atoms with Crippen molar-refractivity contribution in [2.45, 2.75) is 26.4 Å². The van der Waals surface area contributed by atoms with Crippen molar-refractivity contribution in [1.29, 1.82) is 0 Å². The SMILES string of the molecule is Cc1csc(=O)n1CC(=O)N1CCNC(=O)C1C. The number of nitrogens with zero attached hydrogens (tertiary/aromatic N) is 2. The molecule has 0 bridgehead atoms. The van der Waals surface area contributed by atoms with E-state index in [0.717, 1.165) is 17.0 Å². The Hall–Kier alpha value is -1.63. The van der Waals surface area contributed by atoms with Gasteiger partial charge in [-0.3, -0.25) is 19.0 Å². The summed E-state index contributed by atoms with van der Waals surface area (Å²) < 4.78 is 1.44. The Morgan fingerprint density at radius 1 is 1.56 bits per heavy atom. The van der Waals surface area contributed by atoms with Crippen molar-refractivity contribution in [3.05, 3.63) is 20.7 Å². The number of carbonyl (C=O) groups is 2. The quantitative estimate of drug-likeness (QED) is 0.791. The molecular weight excluding hydrogens is 254 g/mol. The van der Waals surface area contributed by atoms with Crippen LogP contribution in [-0.4, -0.2) is 40.4 Å². The number of aryl methyl sites for hydroxylation is 1. The number of carbonyl (C=O) groups excluding carboxylic acids is 2. The minimum Gasteiger partial charge on any atom is -0.353 e. The highest BCUT2D eigenvalue weighted by Gasteiger charge is 2.29. The lowest BCUT2D eigenvalue weighted by Crippen LogP contribution is -2.56. The molecule has 18 heavy (non-hydrogen) atoms. The van der Waals surface area contributed by atoms with Crippen LogP contribution in [0.1, 0.15) is 12.6 Å². The van der Waals surface area contributed by atoms with Gasteiger partial charge in [0.15, 0.2) is 0 Å². The molecule has 2 amide bonds. The molecule has 0 spiro atoms. The Bertz CT molecular complexity index is 534. The van der Waals surface area contributed by atoms with Crippen LogP contribution in [0.2, 0.25) is 0 Å². The van der Waals surface area contributed by atoms with E-state index in [1.54, 1.807) is 19.2 Å². The first kappa shape index (κ1) is 12.8. The Labute approximate surface area is 108 Å². The third-order valence-corrected chi connectivity index (χ3v) is 3.97. The first-order chi connectivity index (χ1) is 8.50. The van der Waals surface area contributed by atoms with Gasteiger partial charge in [0, 0.05) is 24.2 Å². The highest BCUT2D eigenvalue weighted by molar-refractivity contribution is 7.07. The zero-order chi connectivity index (χ0) is 13.3. The summed E-state index contributed by atoms with van der Waals surface area (Å²) in [4.78, 5) is 36.5. The summed E-state index contributed by atoms with van der Waals surface area (Å²) in [5.41, 5.74) is 0.771. The van der Waals surface area contributed by atoms with Crippen molar-refractivity contribution >= 4 is 23.2 Å². The maximum absolute atomic E-state index is 12.1. The summed E-state index contributed by atoms with van der Waals surface area (Å²) in [5, 5.41) is 4.42. The maximum Gasteiger partial charge on any atom is 0.307 e. The predicted octanol–water partition coefficient (Wildman–Crippen LogP) is -0.435. The van der Waals surface area contributed by atoms with E-state index >= 15 is 0 Å². The lowest BCUT2D eigenvalue weighted by molar-refractivity contribution is -0.142. The first-order valence-corrected chi connectivity index (χ1v) is 6.61. The third-order valence-electron chi connectivity index (χ3n) is 3.09. The standard InChI is InChI=1S/C11H15N3O3S/c1-7-6-18-11(17)14(7)5-9(15)13-4-3-12-10(16)8(13)2/h6,8H,3-5H2,1-2H3,(H,12,16). The van der Waals surface area contributed by atoms with Crippen LogP contribution in [0.5, 0.6) is 0 Å². The number of aromatic nitrogens is 1.